The summed E-state index contributed by atoms with van der Waals surface area (Å²) in [7, 11) is 0. The average molecular weight is 359 g/mol. The number of nitrogens with zero attached hydrogens (tertiary/aromatic N) is 3. The van der Waals surface area contributed by atoms with Gasteiger partial charge in [-0.3, -0.25) is 9.36 Å². The number of aromatic nitrogens is 3. The van der Waals surface area contributed by atoms with Crippen LogP contribution in [0.3, 0.4) is 0 Å². The molecule has 1 aromatic heterocycles. The largest absolute Gasteiger partial charge is 0.345 e. The van der Waals surface area contributed by atoms with Crippen molar-refractivity contribution in [3.8, 4) is 5.69 Å². The zero-order chi connectivity index (χ0) is 17.8. The molecule has 0 fully saturated rings. The van der Waals surface area contributed by atoms with Crippen LogP contribution >= 0.6 is 11.6 Å². The van der Waals surface area contributed by atoms with Gasteiger partial charge in [-0.25, -0.2) is 4.39 Å². The van der Waals surface area contributed by atoms with Gasteiger partial charge in [0.05, 0.1) is 16.6 Å². The molecular formula is C18H16ClFN4O. The van der Waals surface area contributed by atoms with Crippen LogP contribution in [-0.4, -0.2) is 20.7 Å². The third-order valence-electron chi connectivity index (χ3n) is 3.90. The van der Waals surface area contributed by atoms with Crippen LogP contribution in [0.4, 0.5) is 4.39 Å². The molecule has 0 unspecified atom stereocenters. The van der Waals surface area contributed by atoms with Crippen LogP contribution in [0.15, 0.2) is 55.1 Å². The minimum Gasteiger partial charge on any atom is -0.345 e. The number of halogens is 2. The number of nitrogens with one attached hydrogen (secondary N) is 1. The van der Waals surface area contributed by atoms with Crippen molar-refractivity contribution in [1.29, 1.82) is 0 Å². The van der Waals surface area contributed by atoms with Gasteiger partial charge in [0.2, 0.25) is 0 Å². The summed E-state index contributed by atoms with van der Waals surface area (Å²) in [6, 6.07) is 11.0. The van der Waals surface area contributed by atoms with Gasteiger partial charge >= 0.3 is 0 Å². The van der Waals surface area contributed by atoms with E-state index in [0.717, 1.165) is 11.3 Å². The van der Waals surface area contributed by atoms with E-state index in [1.54, 1.807) is 47.6 Å². The minimum absolute atomic E-state index is 0.221. The van der Waals surface area contributed by atoms with Crippen molar-refractivity contribution in [1.82, 2.24) is 20.1 Å². The van der Waals surface area contributed by atoms with Crippen LogP contribution in [0.1, 0.15) is 35.3 Å². The van der Waals surface area contributed by atoms with E-state index >= 15 is 0 Å². The van der Waals surface area contributed by atoms with Crippen LogP contribution in [-0.2, 0) is 0 Å². The van der Waals surface area contributed by atoms with Crippen molar-refractivity contribution in [3.05, 3.63) is 77.1 Å². The Morgan fingerprint density at radius 3 is 2.48 bits per heavy atom. The fraction of sp³-hybridized carbons (Fsp3) is 0.167. The molecule has 0 aliphatic rings. The zero-order valence-electron chi connectivity index (χ0n) is 13.5. The summed E-state index contributed by atoms with van der Waals surface area (Å²) in [6.45, 7) is 1.95. The number of rotatable bonds is 5. The lowest BCUT2D eigenvalue weighted by Crippen LogP contribution is -2.28. The number of hydrogen-bond donors (Lipinski definition) is 1. The molecular weight excluding hydrogens is 343 g/mol. The van der Waals surface area contributed by atoms with Crippen LogP contribution in [0.25, 0.3) is 5.69 Å². The molecule has 0 aliphatic carbocycles. The topological polar surface area (TPSA) is 59.8 Å². The third-order valence-corrected chi connectivity index (χ3v) is 4.21. The van der Waals surface area contributed by atoms with Gasteiger partial charge < -0.3 is 5.32 Å². The molecule has 0 radical (unpaired) electrons. The molecule has 0 saturated heterocycles. The first-order valence-electron chi connectivity index (χ1n) is 7.79. The summed E-state index contributed by atoms with van der Waals surface area (Å²) in [6.07, 6.45) is 3.77. The van der Waals surface area contributed by atoms with Crippen molar-refractivity contribution < 1.29 is 9.18 Å². The van der Waals surface area contributed by atoms with Crippen molar-refractivity contribution in [2.45, 2.75) is 19.4 Å². The van der Waals surface area contributed by atoms with Crippen LogP contribution in [0.2, 0.25) is 5.02 Å². The van der Waals surface area contributed by atoms with Gasteiger partial charge in [0, 0.05) is 5.69 Å². The first kappa shape index (κ1) is 17.1. The Morgan fingerprint density at radius 1 is 1.20 bits per heavy atom. The fourth-order valence-electron chi connectivity index (χ4n) is 2.53. The zero-order valence-corrected chi connectivity index (χ0v) is 14.2. The molecule has 5 nitrogen and oxygen atoms in total. The number of carbonyl (C=O) groups is 1. The number of hydrogen-bond acceptors (Lipinski definition) is 3. The Kier molecular flexibility index (Phi) is 5.09. The predicted molar refractivity (Wildman–Crippen MR) is 93.3 cm³/mol. The predicted octanol–water partition coefficient (Wildman–Crippen LogP) is 3.94. The Bertz CT molecular complexity index is 865. The van der Waals surface area contributed by atoms with Gasteiger partial charge in [0.1, 0.15) is 18.5 Å². The van der Waals surface area contributed by atoms with Crippen molar-refractivity contribution in [3.63, 3.8) is 0 Å². The van der Waals surface area contributed by atoms with Gasteiger partial charge in [0.25, 0.3) is 5.91 Å². The highest BCUT2D eigenvalue weighted by Crippen LogP contribution is 2.22. The summed E-state index contributed by atoms with van der Waals surface area (Å²) >= 11 is 6.27. The normalized spacial score (nSPS) is 12.0. The molecule has 0 aliphatic heterocycles. The Labute approximate surface area is 149 Å². The lowest BCUT2D eigenvalue weighted by Gasteiger charge is -2.18. The lowest BCUT2D eigenvalue weighted by atomic mass is 10.0. The molecule has 1 N–H and O–H groups in total. The van der Waals surface area contributed by atoms with Crippen molar-refractivity contribution in [2.75, 3.05) is 0 Å². The maximum Gasteiger partial charge on any atom is 0.253 e. The average Bonchev–Trinajstić information content (AvgIpc) is 3.15. The van der Waals surface area contributed by atoms with Gasteiger partial charge in [0.15, 0.2) is 0 Å². The minimum atomic E-state index is -0.308. The Balaban J connectivity index is 1.79. The van der Waals surface area contributed by atoms with Crippen molar-refractivity contribution in [2.24, 2.45) is 0 Å². The van der Waals surface area contributed by atoms with E-state index in [9.17, 15) is 9.18 Å². The monoisotopic (exact) mass is 358 g/mol. The van der Waals surface area contributed by atoms with E-state index in [4.69, 9.17) is 11.6 Å². The van der Waals surface area contributed by atoms with E-state index in [-0.39, 0.29) is 17.8 Å². The molecule has 1 atom stereocenters. The highest BCUT2D eigenvalue weighted by Gasteiger charge is 2.17. The molecule has 1 amide bonds. The SMILES string of the molecule is CC[C@H](NC(=O)c1ccc(-n2cnnc2)cc1Cl)c1ccc(F)cc1. The molecule has 0 bridgehead atoms. The Hall–Kier alpha value is -2.73. The summed E-state index contributed by atoms with van der Waals surface area (Å²) in [5, 5.41) is 10.7. The summed E-state index contributed by atoms with van der Waals surface area (Å²) in [5.41, 5.74) is 1.98. The quantitative estimate of drug-likeness (QED) is 0.751. The van der Waals surface area contributed by atoms with E-state index in [2.05, 4.69) is 15.5 Å². The molecule has 25 heavy (non-hydrogen) atoms. The summed E-state index contributed by atoms with van der Waals surface area (Å²) in [4.78, 5) is 12.6. The number of benzene rings is 2. The second-order valence-electron chi connectivity index (χ2n) is 5.52. The molecule has 0 spiro atoms. The molecule has 2 aromatic carbocycles. The first-order chi connectivity index (χ1) is 12.1. The van der Waals surface area contributed by atoms with Gasteiger partial charge in [-0.05, 0) is 42.3 Å². The third kappa shape index (κ3) is 3.85. The van der Waals surface area contributed by atoms with Crippen molar-refractivity contribution >= 4 is 17.5 Å². The molecule has 7 heteroatoms. The molecule has 3 aromatic rings. The highest BCUT2D eigenvalue weighted by molar-refractivity contribution is 6.34. The maximum absolute atomic E-state index is 13.1. The van der Waals surface area contributed by atoms with E-state index in [0.29, 0.717) is 17.0 Å². The lowest BCUT2D eigenvalue weighted by molar-refractivity contribution is 0.0935. The first-order valence-corrected chi connectivity index (χ1v) is 8.17. The molecule has 3 rings (SSSR count). The van der Waals surface area contributed by atoms with Gasteiger partial charge in [-0.1, -0.05) is 30.7 Å². The molecule has 1 heterocycles. The summed E-state index contributed by atoms with van der Waals surface area (Å²) < 4.78 is 14.8. The standard InChI is InChI=1S/C18H16ClFN4O/c1-2-17(12-3-5-13(20)6-4-12)23-18(25)15-8-7-14(9-16(15)19)24-10-21-22-11-24/h3-11,17H,2H2,1H3,(H,23,25)/t17-/m0/s1. The summed E-state index contributed by atoms with van der Waals surface area (Å²) in [5.74, 6) is -0.589. The van der Waals surface area contributed by atoms with E-state index in [1.165, 1.54) is 12.1 Å². The second kappa shape index (κ2) is 7.44. The number of carbonyl (C=O) groups excluding carboxylic acids is 1. The molecule has 0 saturated carbocycles. The number of amides is 1. The smallest absolute Gasteiger partial charge is 0.253 e. The van der Waals surface area contributed by atoms with E-state index < -0.39 is 0 Å². The van der Waals surface area contributed by atoms with E-state index in [1.807, 2.05) is 6.92 Å². The second-order valence-corrected chi connectivity index (χ2v) is 5.93. The maximum atomic E-state index is 13.1. The van der Waals surface area contributed by atoms with Gasteiger partial charge in [-0.2, -0.15) is 0 Å². The molecule has 128 valence electrons. The van der Waals surface area contributed by atoms with Crippen LogP contribution < -0.4 is 5.32 Å². The van der Waals surface area contributed by atoms with Gasteiger partial charge in [-0.15, -0.1) is 10.2 Å². The fourth-order valence-corrected chi connectivity index (χ4v) is 2.80. The highest BCUT2D eigenvalue weighted by atomic mass is 35.5. The Morgan fingerprint density at radius 2 is 1.88 bits per heavy atom. The van der Waals surface area contributed by atoms with Crippen LogP contribution in [0.5, 0.6) is 0 Å². The van der Waals surface area contributed by atoms with Crippen LogP contribution in [0, 0.1) is 5.82 Å².